The Balaban J connectivity index is 2.14. The summed E-state index contributed by atoms with van der Waals surface area (Å²) in [6, 6.07) is -0.441. The molecule has 6 heteroatoms. The molecule has 0 aliphatic carbocycles. The lowest BCUT2D eigenvalue weighted by Gasteiger charge is -2.16. The molecule has 1 N–H and O–H groups in total. The summed E-state index contributed by atoms with van der Waals surface area (Å²) in [5.41, 5.74) is 0. The van der Waals surface area contributed by atoms with Crippen LogP contribution in [0.2, 0.25) is 0 Å². The van der Waals surface area contributed by atoms with Gasteiger partial charge in [0.15, 0.2) is 0 Å². The average Bonchev–Trinajstić information content (AvgIpc) is 2.75. The van der Waals surface area contributed by atoms with E-state index in [0.717, 1.165) is 12.7 Å². The van der Waals surface area contributed by atoms with Gasteiger partial charge in [0, 0.05) is 25.1 Å². The van der Waals surface area contributed by atoms with E-state index in [2.05, 4.69) is 5.32 Å². The monoisotopic (exact) mass is 294 g/mol. The Hall–Kier alpha value is -1.98. The van der Waals surface area contributed by atoms with Gasteiger partial charge >= 0.3 is 0 Å². The van der Waals surface area contributed by atoms with Crippen LogP contribution >= 0.6 is 0 Å². The molecule has 0 aromatic carbocycles. The molecule has 0 fully saturated rings. The van der Waals surface area contributed by atoms with Crippen LogP contribution in [0, 0.1) is 5.92 Å². The highest BCUT2D eigenvalue weighted by atomic mass is 16.2. The van der Waals surface area contributed by atoms with Crippen LogP contribution < -0.4 is 5.32 Å². The van der Waals surface area contributed by atoms with Crippen LogP contribution in [0.1, 0.15) is 39.5 Å². The Morgan fingerprint density at radius 1 is 1.19 bits per heavy atom. The maximum absolute atomic E-state index is 11.6. The van der Waals surface area contributed by atoms with Crippen molar-refractivity contribution in [2.75, 3.05) is 6.54 Å². The molecule has 6 nitrogen and oxygen atoms in total. The Labute approximate surface area is 124 Å². The topological polar surface area (TPSA) is 83.6 Å². The van der Waals surface area contributed by atoms with Gasteiger partial charge in [-0.15, -0.1) is 0 Å². The summed E-state index contributed by atoms with van der Waals surface area (Å²) in [7, 11) is 0. The number of aldehydes is 1. The first-order valence-corrected chi connectivity index (χ1v) is 7.24. The van der Waals surface area contributed by atoms with Gasteiger partial charge in [0.1, 0.15) is 6.29 Å². The number of carbonyl (C=O) groups excluding carboxylic acids is 4. The van der Waals surface area contributed by atoms with E-state index in [1.54, 1.807) is 0 Å². The van der Waals surface area contributed by atoms with E-state index in [1.165, 1.54) is 17.1 Å². The number of nitrogens with one attached hydrogen (secondary N) is 1. The van der Waals surface area contributed by atoms with Crippen LogP contribution in [-0.4, -0.2) is 41.5 Å². The minimum Gasteiger partial charge on any atom is -0.346 e. The molecule has 1 atom stereocenters. The zero-order valence-corrected chi connectivity index (χ0v) is 12.5. The second kappa shape index (κ2) is 8.34. The first kappa shape index (κ1) is 17.1. The molecular weight excluding hydrogens is 272 g/mol. The highest BCUT2D eigenvalue weighted by Gasteiger charge is 2.22. The summed E-state index contributed by atoms with van der Waals surface area (Å²) < 4.78 is 0. The maximum atomic E-state index is 11.6. The van der Waals surface area contributed by atoms with Gasteiger partial charge in [-0.3, -0.25) is 19.3 Å². The van der Waals surface area contributed by atoms with Crippen molar-refractivity contribution < 1.29 is 19.2 Å². The van der Waals surface area contributed by atoms with Gasteiger partial charge < -0.3 is 10.1 Å². The molecule has 0 aromatic heterocycles. The second-order valence-electron chi connectivity index (χ2n) is 5.45. The lowest BCUT2D eigenvalue weighted by Crippen LogP contribution is -2.39. The summed E-state index contributed by atoms with van der Waals surface area (Å²) in [4.78, 5) is 46.2. The third kappa shape index (κ3) is 5.49. The predicted molar refractivity (Wildman–Crippen MR) is 77.2 cm³/mol. The van der Waals surface area contributed by atoms with E-state index in [4.69, 9.17) is 0 Å². The highest BCUT2D eigenvalue weighted by molar-refractivity contribution is 6.12. The summed E-state index contributed by atoms with van der Waals surface area (Å²) >= 11 is 0. The SMILES string of the molecule is CC(C)C(C=O)NC(=O)CCCCCN1C(=O)C=CC1=O. The first-order chi connectivity index (χ1) is 9.95. The van der Waals surface area contributed by atoms with Crippen LogP contribution in [0.3, 0.4) is 0 Å². The average molecular weight is 294 g/mol. The Bertz CT molecular complexity index is 425. The lowest BCUT2D eigenvalue weighted by atomic mass is 10.1. The molecule has 0 spiro atoms. The van der Waals surface area contributed by atoms with E-state index >= 15 is 0 Å². The van der Waals surface area contributed by atoms with Crippen molar-refractivity contribution >= 4 is 24.0 Å². The number of unbranched alkanes of at least 4 members (excludes halogenated alkanes) is 2. The standard InChI is InChI=1S/C15H22N2O4/c1-11(2)12(10-18)16-13(19)6-4-3-5-9-17-14(20)7-8-15(17)21/h7-8,10-12H,3-6,9H2,1-2H3,(H,16,19). The van der Waals surface area contributed by atoms with Gasteiger partial charge in [-0.1, -0.05) is 20.3 Å². The summed E-state index contributed by atoms with van der Waals surface area (Å²) in [6.07, 6.45) is 5.71. The van der Waals surface area contributed by atoms with Crippen molar-refractivity contribution in [2.45, 2.75) is 45.6 Å². The number of rotatable bonds is 9. The quantitative estimate of drug-likeness (QED) is 0.387. The van der Waals surface area contributed by atoms with Crippen LogP contribution in [-0.2, 0) is 19.2 Å². The smallest absolute Gasteiger partial charge is 0.253 e. The van der Waals surface area contributed by atoms with Crippen LogP contribution in [0.15, 0.2) is 12.2 Å². The van der Waals surface area contributed by atoms with Crippen molar-refractivity contribution in [1.82, 2.24) is 10.2 Å². The van der Waals surface area contributed by atoms with Gasteiger partial charge in [-0.2, -0.15) is 0 Å². The van der Waals surface area contributed by atoms with Crippen LogP contribution in [0.25, 0.3) is 0 Å². The van der Waals surface area contributed by atoms with E-state index in [9.17, 15) is 19.2 Å². The third-order valence-electron chi connectivity index (χ3n) is 3.38. The van der Waals surface area contributed by atoms with Gasteiger partial charge in [0.2, 0.25) is 5.91 Å². The maximum Gasteiger partial charge on any atom is 0.253 e. The van der Waals surface area contributed by atoms with Crippen molar-refractivity contribution in [3.8, 4) is 0 Å². The van der Waals surface area contributed by atoms with Crippen LogP contribution in [0.5, 0.6) is 0 Å². The minimum atomic E-state index is -0.441. The van der Waals surface area contributed by atoms with Gasteiger partial charge in [0.05, 0.1) is 6.04 Å². The van der Waals surface area contributed by atoms with Gasteiger partial charge in [-0.25, -0.2) is 0 Å². The van der Waals surface area contributed by atoms with Crippen molar-refractivity contribution in [2.24, 2.45) is 5.92 Å². The molecule has 1 heterocycles. The number of imide groups is 1. The second-order valence-corrected chi connectivity index (χ2v) is 5.45. The fourth-order valence-electron chi connectivity index (χ4n) is 2.00. The molecule has 0 radical (unpaired) electrons. The lowest BCUT2D eigenvalue weighted by molar-refractivity contribution is -0.137. The van der Waals surface area contributed by atoms with Gasteiger partial charge in [-0.05, 0) is 18.8 Å². The zero-order valence-electron chi connectivity index (χ0n) is 12.5. The number of carbonyl (C=O) groups is 4. The normalized spacial score (nSPS) is 15.7. The summed E-state index contributed by atoms with van der Waals surface area (Å²) in [5, 5.41) is 2.68. The summed E-state index contributed by atoms with van der Waals surface area (Å²) in [6.45, 7) is 4.13. The van der Waals surface area contributed by atoms with E-state index in [0.29, 0.717) is 25.8 Å². The van der Waals surface area contributed by atoms with Crippen molar-refractivity contribution in [1.29, 1.82) is 0 Å². The molecule has 116 valence electrons. The molecule has 1 aliphatic rings. The van der Waals surface area contributed by atoms with E-state index in [1.807, 2.05) is 13.8 Å². The molecule has 0 saturated carbocycles. The largest absolute Gasteiger partial charge is 0.346 e. The fraction of sp³-hybridized carbons (Fsp3) is 0.600. The molecule has 21 heavy (non-hydrogen) atoms. The predicted octanol–water partition coefficient (Wildman–Crippen LogP) is 0.811. The third-order valence-corrected chi connectivity index (χ3v) is 3.38. The minimum absolute atomic E-state index is 0.0751. The molecule has 1 rings (SSSR count). The number of hydrogen-bond donors (Lipinski definition) is 1. The molecule has 1 aliphatic heterocycles. The van der Waals surface area contributed by atoms with Crippen molar-refractivity contribution in [3.05, 3.63) is 12.2 Å². The van der Waals surface area contributed by atoms with E-state index < -0.39 is 6.04 Å². The molecule has 3 amide bonds. The van der Waals surface area contributed by atoms with E-state index in [-0.39, 0.29) is 23.6 Å². The number of nitrogens with zero attached hydrogens (tertiary/aromatic N) is 1. The molecular formula is C15H22N2O4. The molecule has 0 aromatic rings. The van der Waals surface area contributed by atoms with Crippen LogP contribution in [0.4, 0.5) is 0 Å². The number of hydrogen-bond acceptors (Lipinski definition) is 4. The Morgan fingerprint density at radius 2 is 1.81 bits per heavy atom. The summed E-state index contributed by atoms with van der Waals surface area (Å²) in [5.74, 6) is -0.617. The number of amides is 3. The molecule has 1 unspecified atom stereocenters. The highest BCUT2D eigenvalue weighted by Crippen LogP contribution is 2.08. The molecule has 0 bridgehead atoms. The Morgan fingerprint density at radius 3 is 2.33 bits per heavy atom. The van der Waals surface area contributed by atoms with Crippen molar-refractivity contribution in [3.63, 3.8) is 0 Å². The fourth-order valence-corrected chi connectivity index (χ4v) is 2.00. The zero-order chi connectivity index (χ0) is 15.8. The van der Waals surface area contributed by atoms with Gasteiger partial charge in [0.25, 0.3) is 11.8 Å². The first-order valence-electron chi connectivity index (χ1n) is 7.24. The molecule has 0 saturated heterocycles. The Kier molecular flexibility index (Phi) is 6.78.